The third-order valence-electron chi connectivity index (χ3n) is 5.45. The molecule has 7 nitrogen and oxygen atoms in total. The first-order valence-electron chi connectivity index (χ1n) is 10.1. The van der Waals surface area contributed by atoms with E-state index >= 15 is 0 Å². The fourth-order valence-corrected chi connectivity index (χ4v) is 3.86. The van der Waals surface area contributed by atoms with Crippen molar-refractivity contribution in [2.24, 2.45) is 5.10 Å². The molecule has 0 fully saturated rings. The van der Waals surface area contributed by atoms with Crippen molar-refractivity contribution < 1.29 is 19.1 Å². The minimum Gasteiger partial charge on any atom is -0.448 e. The van der Waals surface area contributed by atoms with E-state index in [0.717, 1.165) is 28.2 Å². The number of esters is 1. The van der Waals surface area contributed by atoms with Crippen molar-refractivity contribution in [1.82, 2.24) is 0 Å². The number of amides is 2. The summed E-state index contributed by atoms with van der Waals surface area (Å²) in [7, 11) is 0. The molecule has 2 aromatic rings. The van der Waals surface area contributed by atoms with Crippen LogP contribution in [0.4, 0.5) is 11.4 Å². The average Bonchev–Trinajstić information content (AvgIpc) is 3.19. The maximum Gasteiger partial charge on any atom is 0.355 e. The number of anilines is 2. The van der Waals surface area contributed by atoms with E-state index in [-0.39, 0.29) is 30.4 Å². The molecule has 31 heavy (non-hydrogen) atoms. The van der Waals surface area contributed by atoms with E-state index in [9.17, 15) is 14.4 Å². The molecule has 2 heterocycles. The average molecular weight is 440 g/mol. The molecule has 0 aliphatic carbocycles. The number of nitrogens with zero attached hydrogens (tertiary/aromatic N) is 3. The lowest BCUT2D eigenvalue weighted by atomic mass is 10.1. The van der Waals surface area contributed by atoms with Gasteiger partial charge in [0.1, 0.15) is 5.71 Å². The number of hydrazone groups is 1. The smallest absolute Gasteiger partial charge is 0.355 e. The van der Waals surface area contributed by atoms with E-state index in [4.69, 9.17) is 16.3 Å². The molecule has 0 spiro atoms. The Balaban J connectivity index is 1.48. The van der Waals surface area contributed by atoms with Crippen LogP contribution in [0.5, 0.6) is 0 Å². The Morgan fingerprint density at radius 2 is 1.90 bits per heavy atom. The van der Waals surface area contributed by atoms with Crippen molar-refractivity contribution in [3.63, 3.8) is 0 Å². The van der Waals surface area contributed by atoms with Gasteiger partial charge in [-0.3, -0.25) is 9.59 Å². The molecule has 1 atom stereocenters. The number of para-hydroxylation sites is 1. The van der Waals surface area contributed by atoms with Crippen LogP contribution in [0.2, 0.25) is 5.02 Å². The van der Waals surface area contributed by atoms with Gasteiger partial charge in [0.05, 0.1) is 5.69 Å². The highest BCUT2D eigenvalue weighted by molar-refractivity contribution is 6.38. The maximum absolute atomic E-state index is 12.9. The van der Waals surface area contributed by atoms with Crippen LogP contribution in [0.15, 0.2) is 47.6 Å². The molecule has 0 aromatic heterocycles. The number of ether oxygens (including phenoxy) is 1. The van der Waals surface area contributed by atoms with Gasteiger partial charge in [-0.2, -0.15) is 5.10 Å². The fraction of sp³-hybridized carbons (Fsp3) is 0.304. The molecule has 2 aliphatic heterocycles. The topological polar surface area (TPSA) is 79.3 Å². The first-order valence-corrected chi connectivity index (χ1v) is 10.5. The Kier molecular flexibility index (Phi) is 5.78. The van der Waals surface area contributed by atoms with Crippen LogP contribution in [0.1, 0.15) is 30.9 Å². The number of benzene rings is 2. The Morgan fingerprint density at radius 1 is 1.13 bits per heavy atom. The van der Waals surface area contributed by atoms with Gasteiger partial charge >= 0.3 is 5.97 Å². The molecule has 4 rings (SSSR count). The van der Waals surface area contributed by atoms with Gasteiger partial charge < -0.3 is 9.64 Å². The predicted octanol–water partition coefficient (Wildman–Crippen LogP) is 3.65. The second-order valence-electron chi connectivity index (χ2n) is 7.60. The Hall–Kier alpha value is -3.19. The van der Waals surface area contributed by atoms with Gasteiger partial charge in [-0.15, -0.1) is 0 Å². The molecule has 0 radical (unpaired) electrons. The summed E-state index contributed by atoms with van der Waals surface area (Å²) >= 11 is 6.16. The van der Waals surface area contributed by atoms with Crippen molar-refractivity contribution in [2.75, 3.05) is 16.5 Å². The van der Waals surface area contributed by atoms with Crippen LogP contribution in [0.3, 0.4) is 0 Å². The van der Waals surface area contributed by atoms with Crippen LogP contribution in [-0.2, 0) is 25.5 Å². The van der Waals surface area contributed by atoms with Gasteiger partial charge in [0, 0.05) is 30.1 Å². The monoisotopic (exact) mass is 439 g/mol. The first-order chi connectivity index (χ1) is 14.8. The summed E-state index contributed by atoms with van der Waals surface area (Å²) in [5.41, 5.74) is 3.38. The highest BCUT2D eigenvalue weighted by atomic mass is 35.5. The molecular weight excluding hydrogens is 418 g/mol. The maximum atomic E-state index is 12.9. The standard InChI is InChI=1S/C23H22ClN3O4/c1-14-7-8-17(13-18(14)24)27-21(28)10-9-19(25-27)23(30)31-15(2)22(29)26-12-11-16-5-3-4-6-20(16)26/h3-8,13,15H,9-12H2,1-2H3/t15-/m0/s1. The van der Waals surface area contributed by atoms with E-state index < -0.39 is 12.1 Å². The molecule has 0 saturated heterocycles. The minimum absolute atomic E-state index is 0.0952. The molecule has 2 aliphatic rings. The largest absolute Gasteiger partial charge is 0.448 e. The summed E-state index contributed by atoms with van der Waals surface area (Å²) in [6.45, 7) is 3.96. The van der Waals surface area contributed by atoms with Gasteiger partial charge in [0.15, 0.2) is 6.10 Å². The third-order valence-corrected chi connectivity index (χ3v) is 5.86. The number of hydrogen-bond donors (Lipinski definition) is 0. The quantitative estimate of drug-likeness (QED) is 0.681. The highest BCUT2D eigenvalue weighted by Crippen LogP contribution is 2.29. The number of halogens is 1. The van der Waals surface area contributed by atoms with Crippen LogP contribution in [0.25, 0.3) is 0 Å². The fourth-order valence-electron chi connectivity index (χ4n) is 3.68. The van der Waals surface area contributed by atoms with Crippen molar-refractivity contribution in [3.8, 4) is 0 Å². The molecule has 8 heteroatoms. The molecular formula is C23H22ClN3O4. The molecule has 0 saturated carbocycles. The summed E-state index contributed by atoms with van der Waals surface area (Å²) < 4.78 is 5.42. The lowest BCUT2D eigenvalue weighted by molar-refractivity contribution is -0.147. The van der Waals surface area contributed by atoms with Gasteiger partial charge in [0.2, 0.25) is 5.91 Å². The summed E-state index contributed by atoms with van der Waals surface area (Å²) in [6.07, 6.45) is 0.0646. The Labute approximate surface area is 185 Å². The normalized spacial score (nSPS) is 16.6. The SMILES string of the molecule is Cc1ccc(N2N=C(C(=O)O[C@@H](C)C(=O)N3CCc4ccccc43)CCC2=O)cc1Cl. The lowest BCUT2D eigenvalue weighted by Gasteiger charge is -2.25. The third kappa shape index (κ3) is 4.18. The highest BCUT2D eigenvalue weighted by Gasteiger charge is 2.32. The molecule has 0 unspecified atom stereocenters. The summed E-state index contributed by atoms with van der Waals surface area (Å²) in [4.78, 5) is 39.5. The summed E-state index contributed by atoms with van der Waals surface area (Å²) in [6, 6.07) is 12.8. The Bertz CT molecular complexity index is 1100. The summed E-state index contributed by atoms with van der Waals surface area (Å²) in [5.74, 6) is -1.23. The molecule has 2 amide bonds. The van der Waals surface area contributed by atoms with Crippen molar-refractivity contribution in [2.45, 2.75) is 39.2 Å². The summed E-state index contributed by atoms with van der Waals surface area (Å²) in [5, 5.41) is 5.85. The zero-order valence-corrected chi connectivity index (χ0v) is 18.1. The number of carbonyl (C=O) groups excluding carboxylic acids is 3. The zero-order chi connectivity index (χ0) is 22.1. The molecule has 2 aromatic carbocycles. The predicted molar refractivity (Wildman–Crippen MR) is 118 cm³/mol. The first kappa shape index (κ1) is 21.1. The van der Waals surface area contributed by atoms with Crippen LogP contribution >= 0.6 is 11.6 Å². The minimum atomic E-state index is -0.971. The van der Waals surface area contributed by atoms with Gasteiger partial charge in [-0.1, -0.05) is 35.9 Å². The van der Waals surface area contributed by atoms with Crippen LogP contribution in [0, 0.1) is 6.92 Å². The van der Waals surface area contributed by atoms with E-state index in [2.05, 4.69) is 5.10 Å². The Morgan fingerprint density at radius 3 is 2.68 bits per heavy atom. The molecule has 0 bridgehead atoms. The van der Waals surface area contributed by atoms with Crippen molar-refractivity contribution in [3.05, 3.63) is 58.6 Å². The van der Waals surface area contributed by atoms with E-state index in [0.29, 0.717) is 17.3 Å². The van der Waals surface area contributed by atoms with Crippen LogP contribution < -0.4 is 9.91 Å². The molecule has 160 valence electrons. The number of aryl methyl sites for hydroxylation is 1. The lowest BCUT2D eigenvalue weighted by Crippen LogP contribution is -2.41. The van der Waals surface area contributed by atoms with Crippen LogP contribution in [-0.4, -0.2) is 36.1 Å². The van der Waals surface area contributed by atoms with Gasteiger partial charge in [0.25, 0.3) is 5.91 Å². The van der Waals surface area contributed by atoms with Crippen molar-refractivity contribution in [1.29, 1.82) is 0 Å². The number of fused-ring (bicyclic) bond motifs is 1. The van der Waals surface area contributed by atoms with Crippen molar-refractivity contribution >= 4 is 46.5 Å². The van der Waals surface area contributed by atoms with E-state index in [1.807, 2.05) is 31.2 Å². The number of hydrogen-bond acceptors (Lipinski definition) is 5. The van der Waals surface area contributed by atoms with E-state index in [1.54, 1.807) is 30.0 Å². The zero-order valence-electron chi connectivity index (χ0n) is 17.3. The van der Waals surface area contributed by atoms with Gasteiger partial charge in [-0.05, 0) is 49.6 Å². The second-order valence-corrected chi connectivity index (χ2v) is 8.01. The number of carbonyl (C=O) groups is 3. The van der Waals surface area contributed by atoms with Gasteiger partial charge in [-0.25, -0.2) is 9.80 Å². The molecule has 0 N–H and O–H groups in total. The second kappa shape index (κ2) is 8.51. The van der Waals surface area contributed by atoms with E-state index in [1.165, 1.54) is 0 Å². The number of rotatable bonds is 4.